The van der Waals surface area contributed by atoms with Gasteiger partial charge in [-0.05, 0) is 36.6 Å². The predicted octanol–water partition coefficient (Wildman–Crippen LogP) is 2.93. The Kier molecular flexibility index (Phi) is 8.96. The molecule has 1 aliphatic heterocycles. The molecule has 0 spiro atoms. The average molecular weight is 487 g/mol. The van der Waals surface area contributed by atoms with E-state index in [1.54, 1.807) is 23.7 Å². The van der Waals surface area contributed by atoms with E-state index in [2.05, 4.69) is 44.5 Å². The number of aliphatic imine (C=N–C) groups is 1. The maximum absolute atomic E-state index is 5.67. The standard InChI is InChI=1S/C18H25N5OS.HI/c1-2-20-18(21-8-13-24-16-5-3-7-19-15-16)23-11-9-22(10-12-23)17-6-4-14-25-17;/h3-7,14-15H,2,8-13H2,1H3,(H,20,21);1H. The van der Waals surface area contributed by atoms with Crippen molar-refractivity contribution in [3.63, 3.8) is 0 Å². The minimum Gasteiger partial charge on any atom is -0.490 e. The van der Waals surface area contributed by atoms with Crippen molar-refractivity contribution in [2.24, 2.45) is 4.99 Å². The van der Waals surface area contributed by atoms with Crippen LogP contribution in [0.1, 0.15) is 6.92 Å². The number of nitrogens with zero attached hydrogens (tertiary/aromatic N) is 4. The summed E-state index contributed by atoms with van der Waals surface area (Å²) < 4.78 is 5.67. The number of hydrogen-bond donors (Lipinski definition) is 1. The van der Waals surface area contributed by atoms with Gasteiger partial charge in [0.05, 0.1) is 17.7 Å². The van der Waals surface area contributed by atoms with E-state index in [0.717, 1.165) is 44.4 Å². The topological polar surface area (TPSA) is 53.0 Å². The number of nitrogens with one attached hydrogen (secondary N) is 1. The van der Waals surface area contributed by atoms with Crippen LogP contribution in [0.3, 0.4) is 0 Å². The fraction of sp³-hybridized carbons (Fsp3) is 0.444. The SMILES string of the molecule is CCNC(=NCCOc1cccnc1)N1CCN(c2cccs2)CC1.I. The summed E-state index contributed by atoms with van der Waals surface area (Å²) in [6.07, 6.45) is 3.46. The van der Waals surface area contributed by atoms with Crippen LogP contribution in [-0.4, -0.2) is 61.7 Å². The number of halogens is 1. The van der Waals surface area contributed by atoms with Gasteiger partial charge in [-0.25, -0.2) is 4.99 Å². The molecule has 0 aliphatic carbocycles. The summed E-state index contributed by atoms with van der Waals surface area (Å²) in [6.45, 7) is 8.16. The highest BCUT2D eigenvalue weighted by atomic mass is 127. The quantitative estimate of drug-likeness (QED) is 0.294. The molecule has 3 rings (SSSR count). The van der Waals surface area contributed by atoms with Gasteiger partial charge in [-0.1, -0.05) is 0 Å². The minimum absolute atomic E-state index is 0. The highest BCUT2D eigenvalue weighted by Gasteiger charge is 2.20. The van der Waals surface area contributed by atoms with Crippen molar-refractivity contribution in [1.82, 2.24) is 15.2 Å². The summed E-state index contributed by atoms with van der Waals surface area (Å²) in [5.74, 6) is 1.76. The lowest BCUT2D eigenvalue weighted by Crippen LogP contribution is -2.52. The Labute approximate surface area is 176 Å². The number of aromatic nitrogens is 1. The van der Waals surface area contributed by atoms with Crippen molar-refractivity contribution in [2.45, 2.75) is 6.92 Å². The Morgan fingerprint density at radius 1 is 1.27 bits per heavy atom. The average Bonchev–Trinajstić information content (AvgIpc) is 3.20. The molecule has 0 saturated carbocycles. The highest BCUT2D eigenvalue weighted by Crippen LogP contribution is 2.22. The van der Waals surface area contributed by atoms with Gasteiger partial charge in [0.25, 0.3) is 0 Å². The molecule has 0 amide bonds. The molecule has 1 N–H and O–H groups in total. The second-order valence-electron chi connectivity index (χ2n) is 5.70. The molecule has 0 atom stereocenters. The summed E-state index contributed by atoms with van der Waals surface area (Å²) >= 11 is 1.80. The van der Waals surface area contributed by atoms with Crippen molar-refractivity contribution in [1.29, 1.82) is 0 Å². The zero-order valence-electron chi connectivity index (χ0n) is 15.0. The van der Waals surface area contributed by atoms with E-state index in [-0.39, 0.29) is 24.0 Å². The van der Waals surface area contributed by atoms with Gasteiger partial charge in [0.15, 0.2) is 5.96 Å². The summed E-state index contributed by atoms with van der Waals surface area (Å²) in [5.41, 5.74) is 0. The van der Waals surface area contributed by atoms with Gasteiger partial charge in [-0.2, -0.15) is 0 Å². The summed E-state index contributed by atoms with van der Waals surface area (Å²) in [7, 11) is 0. The summed E-state index contributed by atoms with van der Waals surface area (Å²) in [4.78, 5) is 13.5. The number of guanidine groups is 1. The van der Waals surface area contributed by atoms with Crippen molar-refractivity contribution >= 4 is 46.3 Å². The van der Waals surface area contributed by atoms with Crippen LogP contribution in [0.2, 0.25) is 0 Å². The van der Waals surface area contributed by atoms with Crippen LogP contribution >= 0.6 is 35.3 Å². The van der Waals surface area contributed by atoms with E-state index < -0.39 is 0 Å². The Balaban J connectivity index is 0.00000243. The van der Waals surface area contributed by atoms with Gasteiger partial charge in [-0.15, -0.1) is 35.3 Å². The number of piperazine rings is 1. The molecule has 26 heavy (non-hydrogen) atoms. The second-order valence-corrected chi connectivity index (χ2v) is 6.62. The minimum atomic E-state index is 0. The maximum Gasteiger partial charge on any atom is 0.194 e. The monoisotopic (exact) mass is 487 g/mol. The summed E-state index contributed by atoms with van der Waals surface area (Å²) in [6, 6.07) is 8.08. The molecule has 0 aromatic carbocycles. The molecular weight excluding hydrogens is 461 g/mol. The van der Waals surface area contributed by atoms with E-state index in [4.69, 9.17) is 9.73 Å². The number of anilines is 1. The smallest absolute Gasteiger partial charge is 0.194 e. The second kappa shape index (κ2) is 11.2. The number of ether oxygens (including phenoxy) is 1. The largest absolute Gasteiger partial charge is 0.490 e. The third-order valence-electron chi connectivity index (χ3n) is 3.99. The molecular formula is C18H26IN5OS. The Morgan fingerprint density at radius 2 is 2.12 bits per heavy atom. The van der Waals surface area contributed by atoms with E-state index in [1.807, 2.05) is 12.1 Å². The number of pyridine rings is 1. The molecule has 0 radical (unpaired) electrons. The molecule has 0 unspecified atom stereocenters. The van der Waals surface area contributed by atoms with E-state index in [0.29, 0.717) is 13.2 Å². The van der Waals surface area contributed by atoms with Crippen molar-refractivity contribution < 1.29 is 4.74 Å². The fourth-order valence-corrected chi connectivity index (χ4v) is 3.55. The van der Waals surface area contributed by atoms with Crippen LogP contribution in [0.25, 0.3) is 0 Å². The van der Waals surface area contributed by atoms with Crippen LogP contribution < -0.4 is 15.0 Å². The van der Waals surface area contributed by atoms with Gasteiger partial charge in [0, 0.05) is 38.9 Å². The van der Waals surface area contributed by atoms with Crippen LogP contribution in [0.5, 0.6) is 5.75 Å². The zero-order chi connectivity index (χ0) is 17.3. The van der Waals surface area contributed by atoms with Crippen LogP contribution in [0.4, 0.5) is 5.00 Å². The highest BCUT2D eigenvalue weighted by molar-refractivity contribution is 14.0. The first-order valence-corrected chi connectivity index (χ1v) is 9.59. The summed E-state index contributed by atoms with van der Waals surface area (Å²) in [5, 5.41) is 6.88. The first-order valence-electron chi connectivity index (χ1n) is 8.71. The van der Waals surface area contributed by atoms with Crippen molar-refractivity contribution in [3.05, 3.63) is 42.0 Å². The maximum atomic E-state index is 5.67. The zero-order valence-corrected chi connectivity index (χ0v) is 18.2. The fourth-order valence-electron chi connectivity index (χ4n) is 2.76. The molecule has 1 aliphatic rings. The molecule has 0 bridgehead atoms. The Hall–Kier alpha value is -1.55. The van der Waals surface area contributed by atoms with Gasteiger partial charge >= 0.3 is 0 Å². The molecule has 2 aromatic heterocycles. The molecule has 6 nitrogen and oxygen atoms in total. The lowest BCUT2D eigenvalue weighted by atomic mass is 10.3. The lowest BCUT2D eigenvalue weighted by molar-refractivity contribution is 0.324. The molecule has 1 fully saturated rings. The third kappa shape index (κ3) is 6.01. The normalized spacial score (nSPS) is 14.7. The van der Waals surface area contributed by atoms with Gasteiger partial charge in [0.1, 0.15) is 12.4 Å². The first kappa shape index (κ1) is 20.8. The van der Waals surface area contributed by atoms with E-state index >= 15 is 0 Å². The third-order valence-corrected chi connectivity index (χ3v) is 4.92. The molecule has 142 valence electrons. The van der Waals surface area contributed by atoms with Crippen molar-refractivity contribution in [2.75, 3.05) is 50.8 Å². The molecule has 1 saturated heterocycles. The van der Waals surface area contributed by atoms with E-state index in [1.165, 1.54) is 5.00 Å². The number of thiophene rings is 1. The van der Waals surface area contributed by atoms with Gasteiger partial charge < -0.3 is 19.9 Å². The lowest BCUT2D eigenvalue weighted by Gasteiger charge is -2.37. The van der Waals surface area contributed by atoms with Crippen molar-refractivity contribution in [3.8, 4) is 5.75 Å². The Bertz CT molecular complexity index is 645. The molecule has 2 aromatic rings. The number of rotatable bonds is 6. The Morgan fingerprint density at radius 3 is 2.77 bits per heavy atom. The number of hydrogen-bond acceptors (Lipinski definition) is 5. The molecule has 8 heteroatoms. The predicted molar refractivity (Wildman–Crippen MR) is 119 cm³/mol. The molecule has 3 heterocycles. The van der Waals surface area contributed by atoms with E-state index in [9.17, 15) is 0 Å². The van der Waals surface area contributed by atoms with Gasteiger partial charge in [0.2, 0.25) is 0 Å². The van der Waals surface area contributed by atoms with Crippen LogP contribution in [0, 0.1) is 0 Å². The van der Waals surface area contributed by atoms with Gasteiger partial charge in [-0.3, -0.25) is 4.98 Å². The van der Waals surface area contributed by atoms with Crippen LogP contribution in [-0.2, 0) is 0 Å². The first-order chi connectivity index (χ1) is 12.4. The van der Waals surface area contributed by atoms with Crippen LogP contribution in [0.15, 0.2) is 47.0 Å².